The fourth-order valence-corrected chi connectivity index (χ4v) is 4.67. The Morgan fingerprint density at radius 3 is 2.67 bits per heavy atom. The topological polar surface area (TPSA) is 129 Å². The molecule has 0 atom stereocenters. The van der Waals surface area contributed by atoms with E-state index >= 15 is 0 Å². The van der Waals surface area contributed by atoms with Crippen LogP contribution in [0.15, 0.2) is 36.5 Å². The van der Waals surface area contributed by atoms with Crippen molar-refractivity contribution in [1.29, 1.82) is 0 Å². The van der Waals surface area contributed by atoms with Crippen molar-refractivity contribution < 1.29 is 18.7 Å². The molecule has 0 aliphatic carbocycles. The molecular weight excluding hydrogens is 515 g/mol. The number of aromatic amines is 1. The van der Waals surface area contributed by atoms with Gasteiger partial charge in [0.1, 0.15) is 5.82 Å². The minimum atomic E-state index is -0.811. The second kappa shape index (κ2) is 12.4. The monoisotopic (exact) mass is 552 g/mol. The summed E-state index contributed by atoms with van der Waals surface area (Å²) < 4.78 is 25.7. The van der Waals surface area contributed by atoms with Crippen LogP contribution in [0.4, 0.5) is 10.3 Å². The third-order valence-corrected chi connectivity index (χ3v) is 6.92. The molecule has 4 heterocycles. The smallest absolute Gasteiger partial charge is 0.230 e. The number of carbonyl (C=O) groups excluding carboxylic acids is 1. The van der Waals surface area contributed by atoms with E-state index in [1.165, 1.54) is 12.1 Å². The molecule has 12 heteroatoms. The Morgan fingerprint density at radius 1 is 1.20 bits per heavy atom. The Morgan fingerprint density at radius 2 is 1.98 bits per heavy atom. The molecule has 2 aliphatic heterocycles. The SMILES string of the molecule is CC(C)NC(=O)C1(C)COC(c2nc(-c3ccc(F)cc3)c(-c3ccnc(NCCCN4CCNC4)n3)[nH]2)OC1. The minimum absolute atomic E-state index is 0.0163. The molecular formula is C28H37FN8O3. The zero-order valence-electron chi connectivity index (χ0n) is 23.2. The predicted octanol–water partition coefficient (Wildman–Crippen LogP) is 2.91. The number of halogens is 1. The van der Waals surface area contributed by atoms with E-state index in [0.29, 0.717) is 34.4 Å². The highest BCUT2D eigenvalue weighted by atomic mass is 19.1. The first-order valence-corrected chi connectivity index (χ1v) is 13.7. The third-order valence-electron chi connectivity index (χ3n) is 6.92. The van der Waals surface area contributed by atoms with E-state index < -0.39 is 11.7 Å². The Bertz CT molecular complexity index is 1280. The van der Waals surface area contributed by atoms with Gasteiger partial charge in [-0.15, -0.1) is 0 Å². The van der Waals surface area contributed by atoms with Gasteiger partial charge in [-0.25, -0.2) is 19.3 Å². The fourth-order valence-electron chi connectivity index (χ4n) is 4.67. The maximum Gasteiger partial charge on any atom is 0.230 e. The van der Waals surface area contributed by atoms with Crippen molar-refractivity contribution in [2.24, 2.45) is 5.41 Å². The minimum Gasteiger partial charge on any atom is -0.354 e. The molecule has 2 fully saturated rings. The van der Waals surface area contributed by atoms with Crippen LogP contribution in [-0.4, -0.2) is 82.8 Å². The van der Waals surface area contributed by atoms with E-state index in [-0.39, 0.29) is 31.0 Å². The Kier molecular flexibility index (Phi) is 8.69. The highest BCUT2D eigenvalue weighted by Crippen LogP contribution is 2.35. The van der Waals surface area contributed by atoms with Crippen LogP contribution in [0.25, 0.3) is 22.6 Å². The molecule has 1 amide bonds. The van der Waals surface area contributed by atoms with Crippen molar-refractivity contribution in [3.63, 3.8) is 0 Å². The molecule has 4 N–H and O–H groups in total. The Hall–Kier alpha value is -3.45. The zero-order valence-corrected chi connectivity index (χ0v) is 23.2. The number of nitrogens with zero attached hydrogens (tertiary/aromatic N) is 4. The molecule has 2 saturated heterocycles. The number of nitrogens with one attached hydrogen (secondary N) is 4. The average Bonchev–Trinajstić information content (AvgIpc) is 3.63. The van der Waals surface area contributed by atoms with Gasteiger partial charge in [0.05, 0.1) is 35.7 Å². The molecule has 0 saturated carbocycles. The summed E-state index contributed by atoms with van der Waals surface area (Å²) in [5, 5.41) is 9.57. The van der Waals surface area contributed by atoms with E-state index in [4.69, 9.17) is 19.4 Å². The van der Waals surface area contributed by atoms with Crippen molar-refractivity contribution >= 4 is 11.9 Å². The number of hydrogen-bond acceptors (Lipinski definition) is 9. The lowest BCUT2D eigenvalue weighted by Gasteiger charge is -2.35. The molecule has 5 rings (SSSR count). The lowest BCUT2D eigenvalue weighted by molar-refractivity contribution is -0.231. The van der Waals surface area contributed by atoms with Gasteiger partial charge in [-0.2, -0.15) is 0 Å². The van der Waals surface area contributed by atoms with E-state index in [9.17, 15) is 9.18 Å². The molecule has 1 aromatic carbocycles. The molecule has 3 aromatic rings. The number of carbonyl (C=O) groups is 1. The number of ether oxygens (including phenoxy) is 2. The number of anilines is 1. The molecule has 214 valence electrons. The summed E-state index contributed by atoms with van der Waals surface area (Å²) in [6, 6.07) is 7.93. The summed E-state index contributed by atoms with van der Waals surface area (Å²) in [6.45, 7) is 10.8. The van der Waals surface area contributed by atoms with Gasteiger partial charge >= 0.3 is 0 Å². The van der Waals surface area contributed by atoms with Gasteiger partial charge in [0.2, 0.25) is 18.1 Å². The predicted molar refractivity (Wildman–Crippen MR) is 149 cm³/mol. The quantitative estimate of drug-likeness (QED) is 0.281. The Balaban J connectivity index is 1.34. The maximum absolute atomic E-state index is 13.7. The van der Waals surface area contributed by atoms with Crippen molar-refractivity contribution in [3.8, 4) is 22.6 Å². The van der Waals surface area contributed by atoms with Gasteiger partial charge in [-0.3, -0.25) is 9.69 Å². The van der Waals surface area contributed by atoms with Crippen molar-refractivity contribution in [2.75, 3.05) is 51.4 Å². The summed E-state index contributed by atoms with van der Waals surface area (Å²) in [5.41, 5.74) is 1.74. The normalized spacial score (nSPS) is 21.6. The number of hydrogen-bond donors (Lipinski definition) is 4. The van der Waals surface area contributed by atoms with Crippen LogP contribution in [-0.2, 0) is 14.3 Å². The number of rotatable bonds is 10. The standard InChI is InChI=1S/C28H37FN8O3/c1-18(2)33-26(38)28(3)15-39-25(40-16-28)24-35-22(19-5-7-20(29)8-6-19)23(36-24)21-9-11-32-27(34-21)31-10-4-13-37-14-12-30-17-37/h5-9,11,18,25,30H,4,10,12-17H2,1-3H3,(H,33,38)(H,35,36)(H,31,32,34). The number of H-pyrrole nitrogens is 1. The van der Waals surface area contributed by atoms with E-state index in [0.717, 1.165) is 39.3 Å². The summed E-state index contributed by atoms with van der Waals surface area (Å²) in [5.74, 6) is 0.492. The lowest BCUT2D eigenvalue weighted by atomic mass is 9.90. The maximum atomic E-state index is 13.7. The number of imidazole rings is 1. The van der Waals surface area contributed by atoms with Gasteiger partial charge in [0.15, 0.2) is 5.82 Å². The van der Waals surface area contributed by atoms with E-state index in [2.05, 4.69) is 30.8 Å². The molecule has 2 aromatic heterocycles. The highest BCUT2D eigenvalue weighted by Gasteiger charge is 2.41. The third kappa shape index (κ3) is 6.64. The first kappa shape index (κ1) is 28.1. The van der Waals surface area contributed by atoms with Crippen LogP contribution < -0.4 is 16.0 Å². The molecule has 0 spiro atoms. The first-order chi connectivity index (χ1) is 19.3. The molecule has 11 nitrogen and oxygen atoms in total. The van der Waals surface area contributed by atoms with Crippen LogP contribution in [0.5, 0.6) is 0 Å². The Labute approximate surface area is 233 Å². The second-order valence-electron chi connectivity index (χ2n) is 10.8. The largest absolute Gasteiger partial charge is 0.354 e. The fraction of sp³-hybridized carbons (Fsp3) is 0.500. The van der Waals surface area contributed by atoms with Crippen molar-refractivity contribution in [1.82, 2.24) is 35.5 Å². The van der Waals surface area contributed by atoms with Crippen molar-refractivity contribution in [2.45, 2.75) is 39.5 Å². The number of benzene rings is 1. The molecule has 0 unspecified atom stereocenters. The van der Waals surface area contributed by atoms with Gasteiger partial charge in [-0.05, 0) is 57.5 Å². The average molecular weight is 553 g/mol. The summed E-state index contributed by atoms with van der Waals surface area (Å²) in [7, 11) is 0. The zero-order chi connectivity index (χ0) is 28.1. The first-order valence-electron chi connectivity index (χ1n) is 13.7. The van der Waals surface area contributed by atoms with Gasteiger partial charge in [0, 0.05) is 50.6 Å². The molecule has 0 radical (unpaired) electrons. The van der Waals surface area contributed by atoms with Crippen LogP contribution in [0.3, 0.4) is 0 Å². The summed E-state index contributed by atoms with van der Waals surface area (Å²) >= 11 is 0. The van der Waals surface area contributed by atoms with Crippen molar-refractivity contribution in [3.05, 3.63) is 48.2 Å². The van der Waals surface area contributed by atoms with Crippen LogP contribution in [0.1, 0.15) is 39.3 Å². The summed E-state index contributed by atoms with van der Waals surface area (Å²) in [4.78, 5) is 32.2. The van der Waals surface area contributed by atoms with Gasteiger partial charge < -0.3 is 30.4 Å². The molecule has 2 aliphatic rings. The van der Waals surface area contributed by atoms with E-state index in [1.54, 1.807) is 24.4 Å². The van der Waals surface area contributed by atoms with Gasteiger partial charge in [-0.1, -0.05) is 0 Å². The van der Waals surface area contributed by atoms with E-state index in [1.807, 2.05) is 20.8 Å². The number of amides is 1. The molecule has 0 bridgehead atoms. The molecule has 40 heavy (non-hydrogen) atoms. The van der Waals surface area contributed by atoms with Crippen LogP contribution in [0.2, 0.25) is 0 Å². The van der Waals surface area contributed by atoms with Gasteiger partial charge in [0.25, 0.3) is 0 Å². The second-order valence-corrected chi connectivity index (χ2v) is 10.8. The number of aromatic nitrogens is 4. The lowest BCUT2D eigenvalue weighted by Crippen LogP contribution is -2.50. The van der Waals surface area contributed by atoms with Crippen LogP contribution in [0, 0.1) is 11.2 Å². The summed E-state index contributed by atoms with van der Waals surface area (Å²) in [6.07, 6.45) is 1.86. The van der Waals surface area contributed by atoms with Crippen LogP contribution >= 0.6 is 0 Å². The highest BCUT2D eigenvalue weighted by molar-refractivity contribution is 5.83.